The molecule has 5 nitrogen and oxygen atoms in total. The number of carbonyl (C=O) groups is 2. The van der Waals surface area contributed by atoms with Crippen LogP contribution < -0.4 is 10.6 Å². The smallest absolute Gasteiger partial charge is 0.221 e. The Morgan fingerprint density at radius 1 is 1.12 bits per heavy atom. The molecule has 0 aliphatic rings. The molecule has 0 unspecified atom stereocenters. The standard InChI is InChI=1S/C21H23N3O2/c1-14-5-3-8-19-17(13-23-21(14)19)9-10-20(26)22-12-16-6-4-7-18(11-16)24-15(2)25/h3-8,11,13,23H,9-10,12H2,1-2H3,(H,22,26)(H,24,25). The summed E-state index contributed by atoms with van der Waals surface area (Å²) in [5.74, 6) is -0.0999. The Morgan fingerprint density at radius 3 is 2.73 bits per heavy atom. The number of H-pyrrole nitrogens is 1. The van der Waals surface area contributed by atoms with E-state index in [-0.39, 0.29) is 11.8 Å². The van der Waals surface area contributed by atoms with Gasteiger partial charge in [0.15, 0.2) is 0 Å². The van der Waals surface area contributed by atoms with Crippen molar-refractivity contribution >= 4 is 28.4 Å². The lowest BCUT2D eigenvalue weighted by Crippen LogP contribution is -2.23. The van der Waals surface area contributed by atoms with Gasteiger partial charge >= 0.3 is 0 Å². The van der Waals surface area contributed by atoms with E-state index >= 15 is 0 Å². The average molecular weight is 349 g/mol. The summed E-state index contributed by atoms with van der Waals surface area (Å²) in [5, 5.41) is 6.86. The van der Waals surface area contributed by atoms with Gasteiger partial charge in [-0.05, 0) is 42.2 Å². The van der Waals surface area contributed by atoms with Crippen LogP contribution in [0.5, 0.6) is 0 Å². The number of carbonyl (C=O) groups excluding carboxylic acids is 2. The van der Waals surface area contributed by atoms with Gasteiger partial charge in [-0.15, -0.1) is 0 Å². The van der Waals surface area contributed by atoms with E-state index in [9.17, 15) is 9.59 Å². The largest absolute Gasteiger partial charge is 0.361 e. The van der Waals surface area contributed by atoms with Gasteiger partial charge in [0.25, 0.3) is 0 Å². The second-order valence-corrected chi connectivity index (χ2v) is 6.47. The number of aromatic amines is 1. The van der Waals surface area contributed by atoms with Gasteiger partial charge < -0.3 is 15.6 Å². The van der Waals surface area contributed by atoms with Crippen molar-refractivity contribution < 1.29 is 9.59 Å². The highest BCUT2D eigenvalue weighted by molar-refractivity contribution is 5.89. The van der Waals surface area contributed by atoms with E-state index < -0.39 is 0 Å². The van der Waals surface area contributed by atoms with Crippen LogP contribution in [0.15, 0.2) is 48.7 Å². The molecule has 0 aliphatic heterocycles. The topological polar surface area (TPSA) is 74.0 Å². The molecule has 0 aliphatic carbocycles. The molecule has 3 rings (SSSR count). The van der Waals surface area contributed by atoms with Crippen LogP contribution in [0.4, 0.5) is 5.69 Å². The molecule has 0 atom stereocenters. The lowest BCUT2D eigenvalue weighted by atomic mass is 10.1. The van der Waals surface area contributed by atoms with Gasteiger partial charge in [0.1, 0.15) is 0 Å². The van der Waals surface area contributed by atoms with E-state index in [1.807, 2.05) is 36.5 Å². The molecule has 26 heavy (non-hydrogen) atoms. The van der Waals surface area contributed by atoms with Crippen LogP contribution in [0, 0.1) is 6.92 Å². The number of hydrogen-bond donors (Lipinski definition) is 3. The van der Waals surface area contributed by atoms with E-state index in [1.54, 1.807) is 0 Å². The minimum atomic E-state index is -0.111. The van der Waals surface area contributed by atoms with Crippen LogP contribution in [-0.4, -0.2) is 16.8 Å². The summed E-state index contributed by atoms with van der Waals surface area (Å²) in [6, 6.07) is 13.7. The molecule has 2 aromatic carbocycles. The number of aryl methyl sites for hydroxylation is 2. The van der Waals surface area contributed by atoms with Crippen LogP contribution in [0.25, 0.3) is 10.9 Å². The van der Waals surface area contributed by atoms with Gasteiger partial charge in [-0.25, -0.2) is 0 Å². The van der Waals surface area contributed by atoms with Gasteiger partial charge in [0.05, 0.1) is 0 Å². The number of para-hydroxylation sites is 1. The predicted octanol–water partition coefficient (Wildman–Crippen LogP) is 3.68. The van der Waals surface area contributed by atoms with E-state index in [1.165, 1.54) is 17.9 Å². The zero-order chi connectivity index (χ0) is 18.5. The summed E-state index contributed by atoms with van der Waals surface area (Å²) in [6.07, 6.45) is 3.12. The maximum absolute atomic E-state index is 12.2. The van der Waals surface area contributed by atoms with Gasteiger partial charge in [0, 0.05) is 42.7 Å². The molecule has 1 heterocycles. The van der Waals surface area contributed by atoms with E-state index in [4.69, 9.17) is 0 Å². The van der Waals surface area contributed by atoms with Crippen molar-refractivity contribution in [1.82, 2.24) is 10.3 Å². The second kappa shape index (κ2) is 7.87. The van der Waals surface area contributed by atoms with Crippen molar-refractivity contribution in [3.05, 3.63) is 65.4 Å². The lowest BCUT2D eigenvalue weighted by molar-refractivity contribution is -0.121. The molecule has 3 aromatic rings. The van der Waals surface area contributed by atoms with Gasteiger partial charge in [-0.1, -0.05) is 30.3 Å². The number of rotatable bonds is 6. The maximum atomic E-state index is 12.2. The highest BCUT2D eigenvalue weighted by Gasteiger charge is 2.08. The van der Waals surface area contributed by atoms with Crippen molar-refractivity contribution in [3.63, 3.8) is 0 Å². The Labute approximate surface area is 152 Å². The number of amides is 2. The van der Waals surface area contributed by atoms with E-state index in [0.29, 0.717) is 19.4 Å². The predicted molar refractivity (Wildman–Crippen MR) is 104 cm³/mol. The Bertz CT molecular complexity index is 943. The van der Waals surface area contributed by atoms with E-state index in [0.717, 1.165) is 22.3 Å². The third kappa shape index (κ3) is 4.30. The Balaban J connectivity index is 1.54. The van der Waals surface area contributed by atoms with Crippen molar-refractivity contribution in [2.24, 2.45) is 0 Å². The Hall–Kier alpha value is -3.08. The van der Waals surface area contributed by atoms with Crippen molar-refractivity contribution in [3.8, 4) is 0 Å². The first-order valence-electron chi connectivity index (χ1n) is 8.72. The minimum absolute atomic E-state index is 0.0110. The molecular formula is C21H23N3O2. The third-order valence-corrected chi connectivity index (χ3v) is 4.37. The van der Waals surface area contributed by atoms with Crippen LogP contribution >= 0.6 is 0 Å². The first-order chi connectivity index (χ1) is 12.5. The first kappa shape index (κ1) is 17.7. The molecule has 2 amide bonds. The minimum Gasteiger partial charge on any atom is -0.361 e. The molecule has 5 heteroatoms. The number of fused-ring (bicyclic) bond motifs is 1. The summed E-state index contributed by atoms with van der Waals surface area (Å²) in [7, 11) is 0. The number of aromatic nitrogens is 1. The van der Waals surface area contributed by atoms with Crippen LogP contribution in [0.2, 0.25) is 0 Å². The molecule has 0 saturated carbocycles. The summed E-state index contributed by atoms with van der Waals surface area (Å²) in [4.78, 5) is 26.6. The normalized spacial score (nSPS) is 10.7. The van der Waals surface area contributed by atoms with Crippen molar-refractivity contribution in [1.29, 1.82) is 0 Å². The summed E-state index contributed by atoms with van der Waals surface area (Å²) in [6.45, 7) is 3.99. The number of hydrogen-bond acceptors (Lipinski definition) is 2. The Kier molecular flexibility index (Phi) is 5.37. The fourth-order valence-corrected chi connectivity index (χ4v) is 3.07. The quantitative estimate of drug-likeness (QED) is 0.635. The number of benzene rings is 2. The third-order valence-electron chi connectivity index (χ3n) is 4.37. The molecule has 1 aromatic heterocycles. The fourth-order valence-electron chi connectivity index (χ4n) is 3.07. The van der Waals surface area contributed by atoms with Crippen LogP contribution in [-0.2, 0) is 22.6 Å². The summed E-state index contributed by atoms with van der Waals surface area (Å²) < 4.78 is 0. The highest BCUT2D eigenvalue weighted by Crippen LogP contribution is 2.22. The zero-order valence-electron chi connectivity index (χ0n) is 15.1. The molecule has 0 saturated heterocycles. The lowest BCUT2D eigenvalue weighted by Gasteiger charge is -2.08. The number of anilines is 1. The molecule has 0 bridgehead atoms. The molecule has 0 spiro atoms. The summed E-state index contributed by atoms with van der Waals surface area (Å²) >= 11 is 0. The second-order valence-electron chi connectivity index (χ2n) is 6.47. The van der Waals surface area contributed by atoms with Gasteiger partial charge in [-0.3, -0.25) is 9.59 Å². The van der Waals surface area contributed by atoms with Gasteiger partial charge in [-0.2, -0.15) is 0 Å². The number of nitrogens with one attached hydrogen (secondary N) is 3. The SMILES string of the molecule is CC(=O)Nc1cccc(CNC(=O)CCc2c[nH]c3c(C)cccc23)c1. The molecule has 0 fully saturated rings. The highest BCUT2D eigenvalue weighted by atomic mass is 16.2. The monoisotopic (exact) mass is 349 g/mol. The maximum Gasteiger partial charge on any atom is 0.221 e. The summed E-state index contributed by atoms with van der Waals surface area (Å²) in [5.41, 5.74) is 5.19. The van der Waals surface area contributed by atoms with Crippen molar-refractivity contribution in [2.75, 3.05) is 5.32 Å². The molecule has 134 valence electrons. The van der Waals surface area contributed by atoms with Crippen LogP contribution in [0.1, 0.15) is 30.0 Å². The molecule has 3 N–H and O–H groups in total. The van der Waals surface area contributed by atoms with E-state index in [2.05, 4.69) is 34.7 Å². The fraction of sp³-hybridized carbons (Fsp3) is 0.238. The Morgan fingerprint density at radius 2 is 1.92 bits per heavy atom. The van der Waals surface area contributed by atoms with Crippen LogP contribution in [0.3, 0.4) is 0 Å². The first-order valence-corrected chi connectivity index (χ1v) is 8.72. The molecule has 0 radical (unpaired) electrons. The average Bonchev–Trinajstić information content (AvgIpc) is 3.02. The zero-order valence-corrected chi connectivity index (χ0v) is 15.1. The molecular weight excluding hydrogens is 326 g/mol. The van der Waals surface area contributed by atoms with Crippen molar-refractivity contribution in [2.45, 2.75) is 33.2 Å². The van der Waals surface area contributed by atoms with Gasteiger partial charge in [0.2, 0.25) is 11.8 Å².